The highest BCUT2D eigenvalue weighted by atomic mass is 35.5. The molecule has 0 fully saturated rings. The summed E-state index contributed by atoms with van der Waals surface area (Å²) in [5.74, 6) is 0.176. The molecule has 0 N–H and O–H groups in total. The van der Waals surface area contributed by atoms with Gasteiger partial charge in [0, 0.05) is 0 Å². The number of imidazole rings is 1. The highest BCUT2D eigenvalue weighted by molar-refractivity contribution is 6.32. The standard InChI is InChI=1S/C16H13Cl2FN2/c1-9-5-3-8-13-14(9)20-16(10(2)17)21(13)15-11(18)6-4-7-12(15)19/h3-8,10H,1-2H3. The van der Waals surface area contributed by atoms with Gasteiger partial charge in [-0.05, 0) is 37.6 Å². The fraction of sp³-hybridized carbons (Fsp3) is 0.188. The maximum Gasteiger partial charge on any atom is 0.148 e. The summed E-state index contributed by atoms with van der Waals surface area (Å²) >= 11 is 12.4. The molecule has 21 heavy (non-hydrogen) atoms. The Balaban J connectivity index is 2.46. The second-order valence-corrected chi connectivity index (χ2v) is 6.00. The molecule has 1 heterocycles. The fourth-order valence-electron chi connectivity index (χ4n) is 2.46. The van der Waals surface area contributed by atoms with Gasteiger partial charge >= 0.3 is 0 Å². The van der Waals surface area contributed by atoms with Crippen molar-refractivity contribution in [1.29, 1.82) is 0 Å². The number of aryl methyl sites for hydroxylation is 1. The van der Waals surface area contributed by atoms with E-state index >= 15 is 0 Å². The molecule has 2 nitrogen and oxygen atoms in total. The Kier molecular flexibility index (Phi) is 3.64. The number of benzene rings is 2. The Bertz CT molecular complexity index is 804. The van der Waals surface area contributed by atoms with Gasteiger partial charge in [0.25, 0.3) is 0 Å². The van der Waals surface area contributed by atoms with E-state index < -0.39 is 5.82 Å². The van der Waals surface area contributed by atoms with Crippen LogP contribution in [-0.4, -0.2) is 9.55 Å². The molecule has 3 rings (SSSR count). The third-order valence-electron chi connectivity index (χ3n) is 3.43. The Morgan fingerprint density at radius 3 is 2.57 bits per heavy atom. The van der Waals surface area contributed by atoms with Crippen LogP contribution in [0.1, 0.15) is 23.7 Å². The predicted molar refractivity (Wildman–Crippen MR) is 85.0 cm³/mol. The highest BCUT2D eigenvalue weighted by Gasteiger charge is 2.21. The van der Waals surface area contributed by atoms with Crippen LogP contribution in [0.2, 0.25) is 5.02 Å². The number of alkyl halides is 1. The minimum atomic E-state index is -0.401. The molecule has 5 heteroatoms. The number of hydrogen-bond donors (Lipinski definition) is 0. The first-order valence-electron chi connectivity index (χ1n) is 6.57. The first-order chi connectivity index (χ1) is 10.0. The monoisotopic (exact) mass is 322 g/mol. The number of hydrogen-bond acceptors (Lipinski definition) is 1. The number of halogens is 3. The molecule has 0 aliphatic heterocycles. The summed E-state index contributed by atoms with van der Waals surface area (Å²) in [5.41, 5.74) is 2.90. The van der Waals surface area contributed by atoms with Crippen LogP contribution in [0.4, 0.5) is 4.39 Å². The van der Waals surface area contributed by atoms with E-state index in [4.69, 9.17) is 23.2 Å². The summed E-state index contributed by atoms with van der Waals surface area (Å²) in [6.07, 6.45) is 0. The van der Waals surface area contributed by atoms with Crippen molar-refractivity contribution in [2.45, 2.75) is 19.2 Å². The molecule has 1 aromatic heterocycles. The van der Waals surface area contributed by atoms with E-state index in [1.807, 2.05) is 32.0 Å². The number of para-hydroxylation sites is 2. The lowest BCUT2D eigenvalue weighted by molar-refractivity contribution is 0.616. The normalized spacial score (nSPS) is 12.8. The summed E-state index contributed by atoms with van der Waals surface area (Å²) in [7, 11) is 0. The predicted octanol–water partition coefficient (Wildman–Crippen LogP) is 5.43. The van der Waals surface area contributed by atoms with Crippen LogP contribution in [0.25, 0.3) is 16.7 Å². The lowest BCUT2D eigenvalue weighted by Crippen LogP contribution is -2.05. The first kappa shape index (κ1) is 14.4. The first-order valence-corrected chi connectivity index (χ1v) is 7.38. The molecule has 1 unspecified atom stereocenters. The van der Waals surface area contributed by atoms with Crippen molar-refractivity contribution in [1.82, 2.24) is 9.55 Å². The quantitative estimate of drug-likeness (QED) is 0.575. The van der Waals surface area contributed by atoms with E-state index in [-0.39, 0.29) is 11.1 Å². The van der Waals surface area contributed by atoms with Gasteiger partial charge in [0.2, 0.25) is 0 Å². The van der Waals surface area contributed by atoms with Gasteiger partial charge in [-0.2, -0.15) is 0 Å². The molecule has 1 atom stereocenters. The van der Waals surface area contributed by atoms with E-state index in [1.54, 1.807) is 16.7 Å². The van der Waals surface area contributed by atoms with Gasteiger partial charge in [-0.3, -0.25) is 4.57 Å². The van der Waals surface area contributed by atoms with Crippen molar-refractivity contribution < 1.29 is 4.39 Å². The second-order valence-electron chi connectivity index (χ2n) is 4.93. The molecule has 2 aromatic carbocycles. The van der Waals surface area contributed by atoms with Crippen LogP contribution in [0.5, 0.6) is 0 Å². The van der Waals surface area contributed by atoms with Crippen LogP contribution in [-0.2, 0) is 0 Å². The summed E-state index contributed by atoms with van der Waals surface area (Å²) in [5, 5.41) is -0.0400. The highest BCUT2D eigenvalue weighted by Crippen LogP contribution is 2.33. The molecule has 0 saturated heterocycles. The second kappa shape index (κ2) is 5.32. The van der Waals surface area contributed by atoms with Gasteiger partial charge in [-0.25, -0.2) is 9.37 Å². The maximum absolute atomic E-state index is 14.3. The fourth-order valence-corrected chi connectivity index (χ4v) is 2.86. The number of rotatable bonds is 2. The summed E-state index contributed by atoms with van der Waals surface area (Å²) < 4.78 is 16.0. The van der Waals surface area contributed by atoms with Crippen molar-refractivity contribution >= 4 is 34.2 Å². The zero-order chi connectivity index (χ0) is 15.1. The molecule has 0 aliphatic rings. The van der Waals surface area contributed by atoms with Gasteiger partial charge in [-0.1, -0.05) is 29.8 Å². The molecular weight excluding hydrogens is 310 g/mol. The van der Waals surface area contributed by atoms with Crippen LogP contribution >= 0.6 is 23.2 Å². The maximum atomic E-state index is 14.3. The van der Waals surface area contributed by atoms with E-state index in [0.717, 1.165) is 16.6 Å². The SMILES string of the molecule is Cc1cccc2c1nc(C(C)Cl)n2-c1c(F)cccc1Cl. The molecule has 0 saturated carbocycles. The van der Waals surface area contributed by atoms with E-state index in [1.165, 1.54) is 6.07 Å². The van der Waals surface area contributed by atoms with Gasteiger partial charge < -0.3 is 0 Å². The molecule has 0 aliphatic carbocycles. The van der Waals surface area contributed by atoms with Crippen LogP contribution in [0, 0.1) is 12.7 Å². The zero-order valence-electron chi connectivity index (χ0n) is 11.6. The van der Waals surface area contributed by atoms with Crippen molar-refractivity contribution in [3.63, 3.8) is 0 Å². The molecule has 3 aromatic rings. The summed E-state index contributed by atoms with van der Waals surface area (Å²) in [6.45, 7) is 3.77. The van der Waals surface area contributed by atoms with Crippen molar-refractivity contribution in [3.05, 3.63) is 58.6 Å². The third kappa shape index (κ3) is 2.30. The lowest BCUT2D eigenvalue weighted by Gasteiger charge is -2.13. The Morgan fingerprint density at radius 2 is 1.90 bits per heavy atom. The number of fused-ring (bicyclic) bond motifs is 1. The molecule has 0 amide bonds. The zero-order valence-corrected chi connectivity index (χ0v) is 13.1. The van der Waals surface area contributed by atoms with Crippen molar-refractivity contribution in [3.8, 4) is 5.69 Å². The minimum Gasteiger partial charge on any atom is -0.291 e. The van der Waals surface area contributed by atoms with Crippen LogP contribution in [0.3, 0.4) is 0 Å². The molecule has 0 spiro atoms. The van der Waals surface area contributed by atoms with Gasteiger partial charge in [-0.15, -0.1) is 11.6 Å². The molecule has 0 radical (unpaired) electrons. The Morgan fingerprint density at radius 1 is 1.19 bits per heavy atom. The van der Waals surface area contributed by atoms with Gasteiger partial charge in [0.05, 0.1) is 21.4 Å². The molecule has 0 bridgehead atoms. The average Bonchev–Trinajstić information content (AvgIpc) is 2.80. The van der Waals surface area contributed by atoms with Crippen molar-refractivity contribution in [2.75, 3.05) is 0 Å². The van der Waals surface area contributed by atoms with Crippen molar-refractivity contribution in [2.24, 2.45) is 0 Å². The third-order valence-corrected chi connectivity index (χ3v) is 3.93. The Hall–Kier alpha value is -1.58. The topological polar surface area (TPSA) is 17.8 Å². The molecular formula is C16H13Cl2FN2. The molecule has 108 valence electrons. The van der Waals surface area contributed by atoms with Gasteiger partial charge in [0.1, 0.15) is 17.3 Å². The number of nitrogens with zero attached hydrogens (tertiary/aromatic N) is 2. The largest absolute Gasteiger partial charge is 0.291 e. The van der Waals surface area contributed by atoms with E-state index in [2.05, 4.69) is 4.98 Å². The average molecular weight is 323 g/mol. The van der Waals surface area contributed by atoms with Crippen LogP contribution in [0.15, 0.2) is 36.4 Å². The van der Waals surface area contributed by atoms with E-state index in [0.29, 0.717) is 10.8 Å². The summed E-state index contributed by atoms with van der Waals surface area (Å²) in [6, 6.07) is 10.4. The lowest BCUT2D eigenvalue weighted by atomic mass is 10.2. The summed E-state index contributed by atoms with van der Waals surface area (Å²) in [4.78, 5) is 4.58. The van der Waals surface area contributed by atoms with Crippen LogP contribution < -0.4 is 0 Å². The smallest absolute Gasteiger partial charge is 0.148 e. The van der Waals surface area contributed by atoms with Gasteiger partial charge in [0.15, 0.2) is 0 Å². The minimum absolute atomic E-state index is 0.287. The van der Waals surface area contributed by atoms with E-state index in [9.17, 15) is 4.39 Å². The number of aromatic nitrogens is 2. The Labute approximate surface area is 132 Å².